The predicted octanol–water partition coefficient (Wildman–Crippen LogP) is 4.83. The van der Waals surface area contributed by atoms with Crippen LogP contribution in [0.2, 0.25) is 0 Å². The highest BCUT2D eigenvalue weighted by Gasteiger charge is 2.34. The number of halogens is 2. The summed E-state index contributed by atoms with van der Waals surface area (Å²) in [4.78, 5) is 17.9. The zero-order valence-electron chi connectivity index (χ0n) is 17.4. The molecule has 0 radical (unpaired) electrons. The average molecular weight is 562 g/mol. The molecule has 2 N–H and O–H groups in total. The second-order valence-corrected chi connectivity index (χ2v) is 10.2. The van der Waals surface area contributed by atoms with E-state index in [0.29, 0.717) is 33.7 Å². The van der Waals surface area contributed by atoms with Crippen molar-refractivity contribution in [2.45, 2.75) is 31.0 Å². The highest BCUT2D eigenvalue weighted by Crippen LogP contribution is 2.40. The van der Waals surface area contributed by atoms with E-state index in [1.54, 1.807) is 17.8 Å². The first-order valence-corrected chi connectivity index (χ1v) is 12.1. The minimum absolute atomic E-state index is 0.0440. The van der Waals surface area contributed by atoms with Crippen LogP contribution in [0.25, 0.3) is 22.3 Å². The minimum atomic E-state index is -0.440. The number of aromatic nitrogens is 5. The molecule has 0 saturated carbocycles. The molecular weight excluding hydrogens is 542 g/mol. The van der Waals surface area contributed by atoms with Crippen LogP contribution >= 0.6 is 34.4 Å². The van der Waals surface area contributed by atoms with E-state index in [4.69, 9.17) is 4.98 Å². The van der Waals surface area contributed by atoms with Crippen molar-refractivity contribution in [2.24, 2.45) is 0 Å². The summed E-state index contributed by atoms with van der Waals surface area (Å²) in [6.07, 6.45) is 3.37. The summed E-state index contributed by atoms with van der Waals surface area (Å²) >= 11 is 3.87. The van der Waals surface area contributed by atoms with Gasteiger partial charge in [0.2, 0.25) is 0 Å². The highest BCUT2D eigenvalue weighted by atomic mass is 127. The Balaban J connectivity index is 1.38. The number of rotatable bonds is 5. The van der Waals surface area contributed by atoms with E-state index in [1.165, 1.54) is 12.3 Å². The zero-order chi connectivity index (χ0) is 22.5. The third-order valence-corrected chi connectivity index (χ3v) is 7.26. The molecule has 0 unspecified atom stereocenters. The van der Waals surface area contributed by atoms with Crippen molar-refractivity contribution >= 4 is 51.3 Å². The lowest BCUT2D eigenvalue weighted by atomic mass is 10.0. The van der Waals surface area contributed by atoms with Crippen molar-refractivity contribution in [2.75, 3.05) is 17.6 Å². The van der Waals surface area contributed by atoms with Gasteiger partial charge in [0.05, 0.1) is 11.7 Å². The molecule has 0 aliphatic carbocycles. The summed E-state index contributed by atoms with van der Waals surface area (Å²) in [7, 11) is 0. The fraction of sp³-hybridized carbons (Fsp3) is 0.273. The molecule has 1 aromatic carbocycles. The van der Waals surface area contributed by atoms with Crippen LogP contribution in [0.4, 0.5) is 10.2 Å². The van der Waals surface area contributed by atoms with Gasteiger partial charge in [-0.3, -0.25) is 9.55 Å². The Labute approximate surface area is 202 Å². The fourth-order valence-corrected chi connectivity index (χ4v) is 5.54. The van der Waals surface area contributed by atoms with Gasteiger partial charge in [-0.05, 0) is 44.0 Å². The van der Waals surface area contributed by atoms with E-state index in [1.807, 2.05) is 12.1 Å². The van der Waals surface area contributed by atoms with E-state index in [2.05, 4.69) is 61.3 Å². The van der Waals surface area contributed by atoms with Crippen LogP contribution in [0, 0.1) is 9.65 Å². The number of phenols is 1. The van der Waals surface area contributed by atoms with Gasteiger partial charge in [-0.1, -0.05) is 17.8 Å². The summed E-state index contributed by atoms with van der Waals surface area (Å²) in [6.45, 7) is 5.00. The van der Waals surface area contributed by atoms with Gasteiger partial charge in [0.1, 0.15) is 11.6 Å². The Morgan fingerprint density at radius 3 is 2.88 bits per heavy atom. The van der Waals surface area contributed by atoms with Gasteiger partial charge in [-0.25, -0.2) is 19.3 Å². The van der Waals surface area contributed by atoms with Gasteiger partial charge in [0.25, 0.3) is 0 Å². The Bertz CT molecular complexity index is 1340. The van der Waals surface area contributed by atoms with E-state index >= 15 is 0 Å². The molecule has 32 heavy (non-hydrogen) atoms. The quantitative estimate of drug-likeness (QED) is 0.266. The van der Waals surface area contributed by atoms with Crippen molar-refractivity contribution in [1.29, 1.82) is 0 Å². The molecule has 0 spiro atoms. The lowest BCUT2D eigenvalue weighted by Crippen LogP contribution is -2.24. The van der Waals surface area contributed by atoms with E-state index in [9.17, 15) is 9.50 Å². The Morgan fingerprint density at radius 2 is 2.06 bits per heavy atom. The van der Waals surface area contributed by atoms with Crippen LogP contribution in [0.3, 0.4) is 0 Å². The number of phenolic OH excluding ortho intramolecular Hbond substituents is 1. The van der Waals surface area contributed by atoms with Crippen molar-refractivity contribution in [3.05, 3.63) is 51.9 Å². The maximum absolute atomic E-state index is 13.6. The summed E-state index contributed by atoms with van der Waals surface area (Å²) in [5, 5.41) is 14.6. The lowest BCUT2D eigenvalue weighted by Gasteiger charge is -2.20. The standard InChI is InChI=1S/C22H20FIN6OS/c1-22(2)11-32-21-27-17-18(28-20(24)29-19(17)30(21)22)26-6-5-12-3-4-16(31)15(7-12)13-8-14(23)10-25-9-13/h3-4,7-10,31H,5-6,11H2,1-2H3,(H,26,28,29). The third-order valence-electron chi connectivity index (χ3n) is 5.39. The van der Waals surface area contributed by atoms with Crippen molar-refractivity contribution in [3.8, 4) is 16.9 Å². The minimum Gasteiger partial charge on any atom is -0.507 e. The Morgan fingerprint density at radius 1 is 1.22 bits per heavy atom. The smallest absolute Gasteiger partial charge is 0.194 e. The number of aromatic hydroxyl groups is 1. The molecular formula is C22H20FIN6OS. The first-order valence-electron chi connectivity index (χ1n) is 10.1. The summed E-state index contributed by atoms with van der Waals surface area (Å²) in [5.41, 5.74) is 3.67. The molecule has 0 fully saturated rings. The molecule has 0 saturated heterocycles. The molecule has 5 rings (SSSR count). The number of anilines is 1. The third kappa shape index (κ3) is 3.90. The predicted molar refractivity (Wildman–Crippen MR) is 132 cm³/mol. The number of nitrogens with one attached hydrogen (secondary N) is 1. The van der Waals surface area contributed by atoms with Crippen molar-refractivity contribution < 1.29 is 9.50 Å². The Hall–Kier alpha value is -2.47. The van der Waals surface area contributed by atoms with Gasteiger partial charge < -0.3 is 10.4 Å². The fourth-order valence-electron chi connectivity index (χ4n) is 3.84. The molecule has 0 bridgehead atoms. The summed E-state index contributed by atoms with van der Waals surface area (Å²) < 4.78 is 16.4. The van der Waals surface area contributed by atoms with Crippen LogP contribution in [0.5, 0.6) is 5.75 Å². The SMILES string of the molecule is CC1(C)CSc2nc3c(NCCc4ccc(O)c(-c5cncc(F)c5)c4)nc(I)nc3n21. The van der Waals surface area contributed by atoms with Crippen molar-refractivity contribution in [1.82, 2.24) is 24.5 Å². The molecule has 0 atom stereocenters. The second-order valence-electron chi connectivity index (χ2n) is 8.26. The number of fused-ring (bicyclic) bond motifs is 3. The van der Waals surface area contributed by atoms with E-state index in [-0.39, 0.29) is 11.3 Å². The highest BCUT2D eigenvalue weighted by molar-refractivity contribution is 14.1. The molecule has 3 aromatic heterocycles. The number of pyridine rings is 1. The Kier molecular flexibility index (Phi) is 5.44. The number of benzene rings is 1. The molecule has 1 aliphatic rings. The first-order chi connectivity index (χ1) is 15.3. The maximum atomic E-state index is 13.6. The molecule has 4 heterocycles. The largest absolute Gasteiger partial charge is 0.507 e. The molecule has 0 amide bonds. The summed E-state index contributed by atoms with van der Waals surface area (Å²) in [6, 6.07) is 6.70. The lowest BCUT2D eigenvalue weighted by molar-refractivity contribution is 0.404. The first kappa shape index (κ1) is 21.4. The van der Waals surface area contributed by atoms with E-state index in [0.717, 1.165) is 33.8 Å². The number of imidazole rings is 1. The number of nitrogens with zero attached hydrogens (tertiary/aromatic N) is 5. The molecule has 4 aromatic rings. The molecule has 10 heteroatoms. The molecule has 1 aliphatic heterocycles. The zero-order valence-corrected chi connectivity index (χ0v) is 20.4. The van der Waals surface area contributed by atoms with Gasteiger partial charge >= 0.3 is 0 Å². The van der Waals surface area contributed by atoms with Crippen molar-refractivity contribution in [3.63, 3.8) is 0 Å². The number of hydrogen-bond acceptors (Lipinski definition) is 7. The van der Waals surface area contributed by atoms with Crippen LogP contribution in [-0.2, 0) is 12.0 Å². The maximum Gasteiger partial charge on any atom is 0.194 e. The average Bonchev–Trinajstić information content (AvgIpc) is 3.26. The normalized spacial score (nSPS) is 14.6. The summed E-state index contributed by atoms with van der Waals surface area (Å²) in [5.74, 6) is 1.34. The van der Waals surface area contributed by atoms with Crippen LogP contribution < -0.4 is 5.32 Å². The van der Waals surface area contributed by atoms with Crippen LogP contribution in [0.1, 0.15) is 19.4 Å². The second kappa shape index (κ2) is 8.14. The van der Waals surface area contributed by atoms with Gasteiger partial charge in [-0.2, -0.15) is 0 Å². The molecule has 7 nitrogen and oxygen atoms in total. The van der Waals surface area contributed by atoms with E-state index < -0.39 is 5.82 Å². The molecule has 164 valence electrons. The number of hydrogen-bond donors (Lipinski definition) is 2. The van der Waals surface area contributed by atoms with Crippen LogP contribution in [-0.4, -0.2) is 41.9 Å². The number of thioether (sulfide) groups is 1. The topological polar surface area (TPSA) is 88.8 Å². The monoisotopic (exact) mass is 562 g/mol. The van der Waals surface area contributed by atoms with Crippen LogP contribution in [0.15, 0.2) is 41.8 Å². The van der Waals surface area contributed by atoms with Gasteiger partial charge in [-0.15, -0.1) is 0 Å². The van der Waals surface area contributed by atoms with Gasteiger partial charge in [0.15, 0.2) is 26.0 Å². The van der Waals surface area contributed by atoms with Gasteiger partial charge in [0, 0.05) is 52.2 Å².